The fourth-order valence-electron chi connectivity index (χ4n) is 2.82. The van der Waals surface area contributed by atoms with Crippen molar-refractivity contribution >= 4 is 0 Å². The standard InChI is InChI=1S/C15H34N2O/c1-7-13(4)15(5,12-16)17(10-11-18-6)14(8-2)9-3/h13-14H,7-12,16H2,1-6H3. The fourth-order valence-corrected chi connectivity index (χ4v) is 2.82. The monoisotopic (exact) mass is 258 g/mol. The Morgan fingerprint density at radius 1 is 1.17 bits per heavy atom. The maximum atomic E-state index is 6.12. The van der Waals surface area contributed by atoms with Gasteiger partial charge in [-0.25, -0.2) is 0 Å². The summed E-state index contributed by atoms with van der Waals surface area (Å²) in [5.41, 5.74) is 6.19. The Balaban J connectivity index is 5.09. The third kappa shape index (κ3) is 4.22. The van der Waals surface area contributed by atoms with E-state index in [1.54, 1.807) is 7.11 Å². The molecule has 0 heterocycles. The predicted molar refractivity (Wildman–Crippen MR) is 79.9 cm³/mol. The van der Waals surface area contributed by atoms with E-state index in [1.165, 1.54) is 12.8 Å². The molecule has 0 saturated carbocycles. The highest BCUT2D eigenvalue weighted by Crippen LogP contribution is 2.30. The van der Waals surface area contributed by atoms with Gasteiger partial charge in [-0.2, -0.15) is 0 Å². The smallest absolute Gasteiger partial charge is 0.0590 e. The minimum Gasteiger partial charge on any atom is -0.383 e. The number of methoxy groups -OCH3 is 1. The topological polar surface area (TPSA) is 38.5 Å². The Bertz CT molecular complexity index is 207. The lowest BCUT2D eigenvalue weighted by atomic mass is 9.81. The fraction of sp³-hybridized carbons (Fsp3) is 1.00. The summed E-state index contributed by atoms with van der Waals surface area (Å²) in [6.07, 6.45) is 3.51. The molecule has 0 aromatic carbocycles. The van der Waals surface area contributed by atoms with Crippen LogP contribution >= 0.6 is 0 Å². The van der Waals surface area contributed by atoms with Crippen molar-refractivity contribution in [1.82, 2.24) is 4.90 Å². The van der Waals surface area contributed by atoms with E-state index in [1.807, 2.05) is 0 Å². The van der Waals surface area contributed by atoms with Crippen molar-refractivity contribution in [3.8, 4) is 0 Å². The molecule has 0 aromatic rings. The van der Waals surface area contributed by atoms with Crippen LogP contribution in [0, 0.1) is 5.92 Å². The first-order chi connectivity index (χ1) is 8.51. The molecule has 110 valence electrons. The van der Waals surface area contributed by atoms with Gasteiger partial charge >= 0.3 is 0 Å². The summed E-state index contributed by atoms with van der Waals surface area (Å²) in [7, 11) is 1.77. The van der Waals surface area contributed by atoms with Crippen LogP contribution in [0.5, 0.6) is 0 Å². The molecule has 0 aromatic heterocycles. The van der Waals surface area contributed by atoms with Crippen LogP contribution in [0.2, 0.25) is 0 Å². The lowest BCUT2D eigenvalue weighted by Crippen LogP contribution is -2.60. The second-order valence-electron chi connectivity index (χ2n) is 5.53. The Morgan fingerprint density at radius 3 is 2.06 bits per heavy atom. The normalized spacial score (nSPS) is 17.2. The van der Waals surface area contributed by atoms with E-state index < -0.39 is 0 Å². The Morgan fingerprint density at radius 2 is 1.72 bits per heavy atom. The molecule has 0 aliphatic heterocycles. The predicted octanol–water partition coefficient (Wildman–Crippen LogP) is 2.89. The van der Waals surface area contributed by atoms with Gasteiger partial charge in [-0.1, -0.05) is 34.1 Å². The maximum Gasteiger partial charge on any atom is 0.0590 e. The molecule has 18 heavy (non-hydrogen) atoms. The molecule has 0 amide bonds. The van der Waals surface area contributed by atoms with Gasteiger partial charge in [-0.3, -0.25) is 4.90 Å². The lowest BCUT2D eigenvalue weighted by molar-refractivity contribution is -0.00253. The molecule has 3 nitrogen and oxygen atoms in total. The number of nitrogens with zero attached hydrogens (tertiary/aromatic N) is 1. The zero-order valence-electron chi connectivity index (χ0n) is 13.3. The molecule has 2 atom stereocenters. The molecule has 0 saturated heterocycles. The molecular weight excluding hydrogens is 224 g/mol. The third-order valence-electron chi connectivity index (χ3n) is 4.66. The van der Waals surface area contributed by atoms with E-state index in [0.717, 1.165) is 19.6 Å². The van der Waals surface area contributed by atoms with Crippen molar-refractivity contribution in [1.29, 1.82) is 0 Å². The second kappa shape index (κ2) is 8.89. The van der Waals surface area contributed by atoms with E-state index >= 15 is 0 Å². The van der Waals surface area contributed by atoms with Crippen molar-refractivity contribution in [2.24, 2.45) is 11.7 Å². The van der Waals surface area contributed by atoms with Crippen molar-refractivity contribution in [2.75, 3.05) is 26.8 Å². The molecular formula is C15H34N2O. The average Bonchev–Trinajstić information content (AvgIpc) is 2.41. The van der Waals surface area contributed by atoms with Crippen molar-refractivity contribution in [2.45, 2.75) is 65.5 Å². The average molecular weight is 258 g/mol. The minimum atomic E-state index is 0.0734. The van der Waals surface area contributed by atoms with Crippen molar-refractivity contribution in [3.63, 3.8) is 0 Å². The van der Waals surface area contributed by atoms with E-state index in [2.05, 4.69) is 39.5 Å². The van der Waals surface area contributed by atoms with Gasteiger partial charge < -0.3 is 10.5 Å². The number of rotatable bonds is 10. The zero-order valence-corrected chi connectivity index (χ0v) is 13.3. The van der Waals surface area contributed by atoms with E-state index in [-0.39, 0.29) is 5.54 Å². The second-order valence-corrected chi connectivity index (χ2v) is 5.53. The van der Waals surface area contributed by atoms with Gasteiger partial charge in [-0.05, 0) is 25.7 Å². The van der Waals surface area contributed by atoms with E-state index in [0.29, 0.717) is 18.5 Å². The molecule has 0 rings (SSSR count). The molecule has 0 bridgehead atoms. The molecule has 2 N–H and O–H groups in total. The van der Waals surface area contributed by atoms with Gasteiger partial charge in [0, 0.05) is 31.8 Å². The van der Waals surface area contributed by atoms with Crippen LogP contribution < -0.4 is 5.73 Å². The summed E-state index contributed by atoms with van der Waals surface area (Å²) in [6, 6.07) is 0.600. The van der Waals surface area contributed by atoms with Gasteiger partial charge in [0.25, 0.3) is 0 Å². The van der Waals surface area contributed by atoms with Gasteiger partial charge in [0.2, 0.25) is 0 Å². The molecule has 0 aliphatic rings. The number of hydrogen-bond donors (Lipinski definition) is 1. The van der Waals surface area contributed by atoms with E-state index in [4.69, 9.17) is 10.5 Å². The van der Waals surface area contributed by atoms with Crippen LogP contribution in [-0.4, -0.2) is 43.3 Å². The molecule has 0 radical (unpaired) electrons. The van der Waals surface area contributed by atoms with Crippen LogP contribution in [0.1, 0.15) is 53.9 Å². The lowest BCUT2D eigenvalue weighted by Gasteiger charge is -2.48. The Labute approximate surface area is 114 Å². The minimum absolute atomic E-state index is 0.0734. The first-order valence-electron chi connectivity index (χ1n) is 7.47. The highest BCUT2D eigenvalue weighted by atomic mass is 16.5. The molecule has 2 unspecified atom stereocenters. The van der Waals surface area contributed by atoms with Crippen LogP contribution in [0.25, 0.3) is 0 Å². The van der Waals surface area contributed by atoms with Crippen LogP contribution in [0.4, 0.5) is 0 Å². The van der Waals surface area contributed by atoms with Crippen LogP contribution in [0.3, 0.4) is 0 Å². The Kier molecular flexibility index (Phi) is 8.83. The number of nitrogens with two attached hydrogens (primary N) is 1. The van der Waals surface area contributed by atoms with Crippen molar-refractivity contribution < 1.29 is 4.74 Å². The molecule has 0 spiro atoms. The summed E-state index contributed by atoms with van der Waals surface area (Å²) in [5.74, 6) is 0.597. The highest BCUT2D eigenvalue weighted by Gasteiger charge is 2.37. The number of hydrogen-bond acceptors (Lipinski definition) is 3. The van der Waals surface area contributed by atoms with Gasteiger partial charge in [0.15, 0.2) is 0 Å². The number of ether oxygens (including phenoxy) is 1. The largest absolute Gasteiger partial charge is 0.383 e. The first-order valence-corrected chi connectivity index (χ1v) is 7.47. The van der Waals surface area contributed by atoms with Crippen LogP contribution in [0.15, 0.2) is 0 Å². The SMILES string of the molecule is CCC(CC)N(CCOC)C(C)(CN)C(C)CC. The van der Waals surface area contributed by atoms with Gasteiger partial charge in [-0.15, -0.1) is 0 Å². The summed E-state index contributed by atoms with van der Waals surface area (Å²) >= 11 is 0. The quantitative estimate of drug-likeness (QED) is 0.655. The van der Waals surface area contributed by atoms with Gasteiger partial charge in [0.1, 0.15) is 0 Å². The highest BCUT2D eigenvalue weighted by molar-refractivity contribution is 4.94. The van der Waals surface area contributed by atoms with Crippen molar-refractivity contribution in [3.05, 3.63) is 0 Å². The Hall–Kier alpha value is -0.120. The molecule has 0 aliphatic carbocycles. The maximum absolute atomic E-state index is 6.12. The summed E-state index contributed by atoms with van der Waals surface area (Å²) in [6.45, 7) is 13.9. The summed E-state index contributed by atoms with van der Waals surface area (Å²) in [5, 5.41) is 0. The summed E-state index contributed by atoms with van der Waals surface area (Å²) < 4.78 is 5.28. The van der Waals surface area contributed by atoms with Crippen LogP contribution in [-0.2, 0) is 4.74 Å². The third-order valence-corrected chi connectivity index (χ3v) is 4.66. The molecule has 3 heteroatoms. The first kappa shape index (κ1) is 17.9. The van der Waals surface area contributed by atoms with Gasteiger partial charge in [0.05, 0.1) is 6.61 Å². The molecule has 0 fully saturated rings. The zero-order chi connectivity index (χ0) is 14.2. The summed E-state index contributed by atoms with van der Waals surface area (Å²) in [4.78, 5) is 2.59. The van der Waals surface area contributed by atoms with E-state index in [9.17, 15) is 0 Å².